The second kappa shape index (κ2) is 27.3. The zero-order chi connectivity index (χ0) is 47.7. The maximum Gasteiger partial charge on any atom is 0.123 e. The number of ether oxygens (including phenoxy) is 5. The Morgan fingerprint density at radius 1 is 0.313 bits per heavy atom. The van der Waals surface area contributed by atoms with Crippen molar-refractivity contribution >= 4 is 58.8 Å². The average molecular weight is 1000 g/mol. The summed E-state index contributed by atoms with van der Waals surface area (Å²) in [5, 5.41) is 0. The number of unbranched alkanes of at least 4 members (excludes halogenated alkanes) is 5. The van der Waals surface area contributed by atoms with E-state index in [1.807, 2.05) is 73.0 Å². The normalized spacial score (nSPS) is 14.2. The Labute approximate surface area is 425 Å². The largest absolute Gasteiger partial charge is 0.496 e. The molecule has 0 unspecified atom stereocenters. The highest BCUT2D eigenvalue weighted by atomic mass is 32.2. The van der Waals surface area contributed by atoms with Gasteiger partial charge in [0, 0.05) is 85.3 Å². The first-order valence-corrected chi connectivity index (χ1v) is 29.6. The Balaban J connectivity index is 1.28. The second-order valence-corrected chi connectivity index (χ2v) is 22.7. The number of hydrogen-bond donors (Lipinski definition) is 0. The molecule has 0 aliphatic carbocycles. The molecule has 10 heteroatoms. The van der Waals surface area contributed by atoms with Gasteiger partial charge in [-0.05, 0) is 127 Å². The van der Waals surface area contributed by atoms with Crippen molar-refractivity contribution in [1.82, 2.24) is 0 Å². The number of benzene rings is 5. The molecule has 0 N–H and O–H groups in total. The quantitative estimate of drug-likeness (QED) is 0.113. The first kappa shape index (κ1) is 53.2. The first-order chi connectivity index (χ1) is 32.6. The van der Waals surface area contributed by atoms with E-state index in [1.54, 1.807) is 21.3 Å². The number of thioether (sulfide) groups is 5. The van der Waals surface area contributed by atoms with Crippen molar-refractivity contribution in [3.63, 3.8) is 0 Å². The van der Waals surface area contributed by atoms with Crippen LogP contribution in [-0.2, 0) is 63.9 Å². The van der Waals surface area contributed by atoms with Crippen LogP contribution in [0.5, 0.6) is 28.7 Å². The molecule has 5 nitrogen and oxygen atoms in total. The molecule has 0 saturated carbocycles. The van der Waals surface area contributed by atoms with E-state index in [2.05, 4.69) is 95.3 Å². The Kier molecular flexibility index (Phi) is 21.7. The number of hydrogen-bond acceptors (Lipinski definition) is 10. The van der Waals surface area contributed by atoms with Crippen LogP contribution < -0.4 is 23.7 Å². The van der Waals surface area contributed by atoms with Crippen LogP contribution in [0.25, 0.3) is 0 Å². The third-order valence-corrected chi connectivity index (χ3v) is 18.1. The Bertz CT molecular complexity index is 2400. The molecule has 10 heterocycles. The van der Waals surface area contributed by atoms with E-state index in [4.69, 9.17) is 23.7 Å². The SMILES string of the molecule is CCCCCCCCc1cc2c(OC)cc1CSCc1cc(C)c(cc1OC)CSCc1cc(OC)c(cc1C)CSCc1cc(OC)c(cc1C)CSCc1cc(OC)c(cc1C)CSC2. The fourth-order valence-electron chi connectivity index (χ4n) is 8.83. The lowest BCUT2D eigenvalue weighted by molar-refractivity contribution is 0.410. The molecule has 0 radical (unpaired) electrons. The highest BCUT2D eigenvalue weighted by molar-refractivity contribution is 7.98. The molecule has 0 amide bonds. The summed E-state index contributed by atoms with van der Waals surface area (Å²) < 4.78 is 30.2. The molecule has 10 bridgehead atoms. The van der Waals surface area contributed by atoms with Gasteiger partial charge in [-0.3, -0.25) is 0 Å². The predicted octanol–water partition coefficient (Wildman–Crippen LogP) is 16.3. The molecule has 10 aliphatic heterocycles. The summed E-state index contributed by atoms with van der Waals surface area (Å²) in [4.78, 5) is 0. The van der Waals surface area contributed by atoms with Crippen molar-refractivity contribution in [2.24, 2.45) is 0 Å². The molecule has 10 aliphatic rings. The van der Waals surface area contributed by atoms with Crippen molar-refractivity contribution in [2.45, 2.75) is 137 Å². The smallest absolute Gasteiger partial charge is 0.123 e. The monoisotopic (exact) mass is 998 g/mol. The van der Waals surface area contributed by atoms with E-state index < -0.39 is 0 Å². The van der Waals surface area contributed by atoms with Crippen molar-refractivity contribution in [2.75, 3.05) is 35.5 Å². The third kappa shape index (κ3) is 14.9. The Hall–Kier alpha value is -3.15. The molecule has 5 aromatic rings. The summed E-state index contributed by atoms with van der Waals surface area (Å²) in [5.41, 5.74) is 19.6. The minimum Gasteiger partial charge on any atom is -0.496 e. The molecular formula is C57H74O5S5. The highest BCUT2D eigenvalue weighted by Gasteiger charge is 2.17. The first-order valence-electron chi connectivity index (χ1n) is 23.8. The molecule has 0 saturated heterocycles. The lowest BCUT2D eigenvalue weighted by Crippen LogP contribution is -2.01. The van der Waals surface area contributed by atoms with E-state index in [9.17, 15) is 0 Å². The Morgan fingerprint density at radius 3 is 0.881 bits per heavy atom. The van der Waals surface area contributed by atoms with Crippen molar-refractivity contribution < 1.29 is 23.7 Å². The molecule has 362 valence electrons. The summed E-state index contributed by atoms with van der Waals surface area (Å²) in [7, 11) is 9.02. The summed E-state index contributed by atoms with van der Waals surface area (Å²) in [6, 6.07) is 23.2. The summed E-state index contributed by atoms with van der Waals surface area (Å²) >= 11 is 9.70. The zero-order valence-electron chi connectivity index (χ0n) is 41.9. The van der Waals surface area contributed by atoms with Gasteiger partial charge in [-0.25, -0.2) is 0 Å². The molecule has 5 aromatic carbocycles. The summed E-state index contributed by atoms with van der Waals surface area (Å²) in [6.07, 6.45) is 8.83. The van der Waals surface area contributed by atoms with Gasteiger partial charge in [0.2, 0.25) is 0 Å². The van der Waals surface area contributed by atoms with Crippen LogP contribution in [0.4, 0.5) is 0 Å². The van der Waals surface area contributed by atoms with Crippen LogP contribution in [0.15, 0.2) is 60.7 Å². The van der Waals surface area contributed by atoms with E-state index in [0.29, 0.717) is 0 Å². The van der Waals surface area contributed by atoms with E-state index >= 15 is 0 Å². The van der Waals surface area contributed by atoms with Gasteiger partial charge in [0.05, 0.1) is 35.5 Å². The van der Waals surface area contributed by atoms with Gasteiger partial charge in [0.25, 0.3) is 0 Å². The predicted molar refractivity (Wildman–Crippen MR) is 296 cm³/mol. The average Bonchev–Trinajstić information content (AvgIpc) is 3.32. The van der Waals surface area contributed by atoms with Crippen LogP contribution >= 0.6 is 58.8 Å². The second-order valence-electron chi connectivity index (χ2n) is 17.8. The lowest BCUT2D eigenvalue weighted by atomic mass is 9.98. The van der Waals surface area contributed by atoms with E-state index in [1.165, 1.54) is 122 Å². The van der Waals surface area contributed by atoms with Gasteiger partial charge in [0.15, 0.2) is 0 Å². The molecule has 15 rings (SSSR count). The summed E-state index contributed by atoms with van der Waals surface area (Å²) in [5.74, 6) is 13.8. The molecule has 0 aromatic heterocycles. The molecule has 67 heavy (non-hydrogen) atoms. The molecule has 0 fully saturated rings. The maximum absolute atomic E-state index is 6.13. The van der Waals surface area contributed by atoms with Crippen LogP contribution in [0, 0.1) is 27.7 Å². The van der Waals surface area contributed by atoms with Crippen molar-refractivity contribution in [3.8, 4) is 28.7 Å². The Morgan fingerprint density at radius 2 is 0.567 bits per heavy atom. The topological polar surface area (TPSA) is 46.2 Å². The van der Waals surface area contributed by atoms with Gasteiger partial charge in [-0.15, -0.1) is 0 Å². The molecule has 0 atom stereocenters. The van der Waals surface area contributed by atoms with Crippen LogP contribution in [0.3, 0.4) is 0 Å². The van der Waals surface area contributed by atoms with Crippen LogP contribution in [0.2, 0.25) is 0 Å². The number of rotatable bonds is 12. The fourth-order valence-corrected chi connectivity index (χ4v) is 14.2. The van der Waals surface area contributed by atoms with Crippen LogP contribution in [0.1, 0.15) is 129 Å². The van der Waals surface area contributed by atoms with Gasteiger partial charge < -0.3 is 23.7 Å². The number of aryl methyl sites for hydroxylation is 5. The van der Waals surface area contributed by atoms with Gasteiger partial charge >= 0.3 is 0 Å². The molecule has 0 spiro atoms. The fraction of sp³-hybridized carbons (Fsp3) is 0.474. The van der Waals surface area contributed by atoms with Gasteiger partial charge in [-0.1, -0.05) is 69.4 Å². The van der Waals surface area contributed by atoms with E-state index in [0.717, 1.165) is 92.7 Å². The third-order valence-electron chi connectivity index (χ3n) is 12.9. The minimum atomic E-state index is 0.865. The highest BCUT2D eigenvalue weighted by Crippen LogP contribution is 2.38. The lowest BCUT2D eigenvalue weighted by Gasteiger charge is -2.18. The zero-order valence-corrected chi connectivity index (χ0v) is 46.0. The van der Waals surface area contributed by atoms with Crippen molar-refractivity contribution in [3.05, 3.63) is 144 Å². The van der Waals surface area contributed by atoms with Crippen LogP contribution in [-0.4, -0.2) is 35.5 Å². The van der Waals surface area contributed by atoms with E-state index in [-0.39, 0.29) is 0 Å². The summed E-state index contributed by atoms with van der Waals surface area (Å²) in [6.45, 7) is 11.2. The molecular weight excluding hydrogens is 925 g/mol. The standard InChI is InChI=1S/C57H74O5S5/c1-11-12-13-14-15-16-17-42-22-52-37-67-36-51-21-41(5)46(26-56(51)61-9)31-65-34-49-19-40(4)45(25-54(49)59-7)30-64-33-48-18-38(2)43(23-53(48)58-6)28-63-29-44-24-55(60-8)50(20-39(44)3)35-66-32-47(42)27-57(52)62-10/h18-27H,11-17,28-37H2,1-10H3. The maximum atomic E-state index is 6.13. The van der Waals surface area contributed by atoms with Gasteiger partial charge in [0.1, 0.15) is 28.7 Å². The minimum absolute atomic E-state index is 0.865. The van der Waals surface area contributed by atoms with Gasteiger partial charge in [-0.2, -0.15) is 58.8 Å². The van der Waals surface area contributed by atoms with Crippen molar-refractivity contribution in [1.29, 1.82) is 0 Å². The number of methoxy groups -OCH3 is 5.